The molecule has 98 valence electrons. The average molecular weight is 237 g/mol. The highest BCUT2D eigenvalue weighted by atomic mass is 16.3. The molecule has 1 rings (SSSR count). The summed E-state index contributed by atoms with van der Waals surface area (Å²) in [5.41, 5.74) is -0.00883. The lowest BCUT2D eigenvalue weighted by atomic mass is 9.82. The van der Waals surface area contributed by atoms with E-state index in [1.165, 1.54) is 12.8 Å². The van der Waals surface area contributed by atoms with Gasteiger partial charge in [-0.1, -0.05) is 13.8 Å². The summed E-state index contributed by atoms with van der Waals surface area (Å²) in [6.07, 6.45) is 12.2. The number of hydrogen-bond donors (Lipinski definition) is 1. The molecule has 0 bridgehead atoms. The number of terminal acetylenes is 1. The summed E-state index contributed by atoms with van der Waals surface area (Å²) in [6, 6.07) is 0. The first-order valence-electron chi connectivity index (χ1n) is 7.07. The molecule has 1 fully saturated rings. The van der Waals surface area contributed by atoms with Crippen LogP contribution in [0.3, 0.4) is 0 Å². The van der Waals surface area contributed by atoms with E-state index in [-0.39, 0.29) is 11.6 Å². The second-order valence-electron chi connectivity index (χ2n) is 5.12. The highest BCUT2D eigenvalue weighted by Gasteiger charge is 2.40. The van der Waals surface area contributed by atoms with Crippen molar-refractivity contribution in [3.63, 3.8) is 0 Å². The van der Waals surface area contributed by atoms with E-state index < -0.39 is 0 Å². The molecule has 2 nitrogen and oxygen atoms in total. The van der Waals surface area contributed by atoms with Crippen molar-refractivity contribution in [2.45, 2.75) is 70.4 Å². The fourth-order valence-electron chi connectivity index (χ4n) is 3.21. The molecular weight excluding hydrogens is 210 g/mol. The second-order valence-corrected chi connectivity index (χ2v) is 5.12. The molecule has 0 aliphatic carbocycles. The Morgan fingerprint density at radius 3 is 2.35 bits per heavy atom. The summed E-state index contributed by atoms with van der Waals surface area (Å²) in [6.45, 7) is 6.69. The lowest BCUT2D eigenvalue weighted by Gasteiger charge is -2.44. The Labute approximate surface area is 106 Å². The van der Waals surface area contributed by atoms with Gasteiger partial charge in [0.05, 0.1) is 6.10 Å². The molecule has 1 unspecified atom stereocenters. The van der Waals surface area contributed by atoms with Gasteiger partial charge in [0.15, 0.2) is 0 Å². The van der Waals surface area contributed by atoms with Gasteiger partial charge in [-0.3, -0.25) is 4.90 Å². The van der Waals surface area contributed by atoms with Gasteiger partial charge < -0.3 is 5.11 Å². The highest BCUT2D eigenvalue weighted by Crippen LogP contribution is 2.33. The molecule has 1 aliphatic heterocycles. The lowest BCUT2D eigenvalue weighted by molar-refractivity contribution is -0.0322. The van der Waals surface area contributed by atoms with Gasteiger partial charge in [0.1, 0.15) is 0 Å². The molecule has 1 N–H and O–H groups in total. The van der Waals surface area contributed by atoms with E-state index in [1.54, 1.807) is 0 Å². The van der Waals surface area contributed by atoms with Crippen molar-refractivity contribution in [3.8, 4) is 12.3 Å². The van der Waals surface area contributed by atoms with Crippen LogP contribution >= 0.6 is 0 Å². The molecule has 0 amide bonds. The zero-order valence-electron chi connectivity index (χ0n) is 11.4. The van der Waals surface area contributed by atoms with Crippen LogP contribution in [0.4, 0.5) is 0 Å². The van der Waals surface area contributed by atoms with Crippen molar-refractivity contribution in [1.82, 2.24) is 4.90 Å². The molecule has 1 atom stereocenters. The van der Waals surface area contributed by atoms with Crippen molar-refractivity contribution in [2.24, 2.45) is 0 Å². The SMILES string of the molecule is C#CCCCC(O)C(CC)(CC)N1CCCC1. The normalized spacial score (nSPS) is 19.2. The van der Waals surface area contributed by atoms with Gasteiger partial charge in [0, 0.05) is 12.0 Å². The van der Waals surface area contributed by atoms with E-state index >= 15 is 0 Å². The minimum Gasteiger partial charge on any atom is -0.391 e. The van der Waals surface area contributed by atoms with Crippen LogP contribution in [0.5, 0.6) is 0 Å². The van der Waals surface area contributed by atoms with Crippen LogP contribution in [0.2, 0.25) is 0 Å². The van der Waals surface area contributed by atoms with Crippen LogP contribution in [0, 0.1) is 12.3 Å². The Balaban J connectivity index is 2.65. The molecule has 1 aliphatic rings. The van der Waals surface area contributed by atoms with Gasteiger partial charge in [-0.2, -0.15) is 0 Å². The first kappa shape index (κ1) is 14.5. The maximum Gasteiger partial charge on any atom is 0.0724 e. The Kier molecular flexibility index (Phi) is 6.02. The van der Waals surface area contributed by atoms with Crippen LogP contribution in [0.15, 0.2) is 0 Å². The van der Waals surface area contributed by atoms with E-state index in [1.807, 2.05) is 0 Å². The summed E-state index contributed by atoms with van der Waals surface area (Å²) < 4.78 is 0. The topological polar surface area (TPSA) is 23.5 Å². The molecule has 0 spiro atoms. The minimum absolute atomic E-state index is 0.00883. The Hall–Kier alpha value is -0.520. The highest BCUT2D eigenvalue weighted by molar-refractivity contribution is 4.97. The molecule has 1 saturated heterocycles. The van der Waals surface area contributed by atoms with E-state index in [2.05, 4.69) is 24.7 Å². The number of likely N-dealkylation sites (tertiary alicyclic amines) is 1. The molecule has 0 radical (unpaired) electrons. The summed E-state index contributed by atoms with van der Waals surface area (Å²) >= 11 is 0. The van der Waals surface area contributed by atoms with Gasteiger partial charge in [-0.25, -0.2) is 0 Å². The fraction of sp³-hybridized carbons (Fsp3) is 0.867. The van der Waals surface area contributed by atoms with E-state index in [9.17, 15) is 5.11 Å². The van der Waals surface area contributed by atoms with Crippen molar-refractivity contribution in [3.05, 3.63) is 0 Å². The Bertz CT molecular complexity index is 246. The summed E-state index contributed by atoms with van der Waals surface area (Å²) in [5.74, 6) is 2.66. The molecule has 17 heavy (non-hydrogen) atoms. The number of hydrogen-bond acceptors (Lipinski definition) is 2. The molecule has 0 aromatic heterocycles. The van der Waals surface area contributed by atoms with E-state index in [4.69, 9.17) is 6.42 Å². The van der Waals surface area contributed by atoms with Crippen molar-refractivity contribution < 1.29 is 5.11 Å². The van der Waals surface area contributed by atoms with E-state index in [0.717, 1.165) is 45.2 Å². The maximum atomic E-state index is 10.5. The van der Waals surface area contributed by atoms with Crippen molar-refractivity contribution in [2.75, 3.05) is 13.1 Å². The standard InChI is InChI=1S/C15H27NO/c1-4-7-8-11-14(17)15(5-2,6-3)16-12-9-10-13-16/h1,14,17H,5-13H2,2-3H3. The summed E-state index contributed by atoms with van der Waals surface area (Å²) in [4.78, 5) is 2.51. The predicted molar refractivity (Wildman–Crippen MR) is 72.8 cm³/mol. The van der Waals surface area contributed by atoms with Gasteiger partial charge in [-0.15, -0.1) is 12.3 Å². The zero-order valence-corrected chi connectivity index (χ0v) is 11.4. The number of unbranched alkanes of at least 4 members (excludes halogenated alkanes) is 1. The van der Waals surface area contributed by atoms with Crippen LogP contribution < -0.4 is 0 Å². The van der Waals surface area contributed by atoms with Crippen molar-refractivity contribution in [1.29, 1.82) is 0 Å². The third-order valence-electron chi connectivity index (χ3n) is 4.38. The molecule has 0 aromatic carbocycles. The predicted octanol–water partition coefficient (Wildman–Crippen LogP) is 2.81. The Morgan fingerprint density at radius 1 is 1.29 bits per heavy atom. The van der Waals surface area contributed by atoms with Crippen LogP contribution in [-0.2, 0) is 0 Å². The number of nitrogens with zero attached hydrogens (tertiary/aromatic N) is 1. The minimum atomic E-state index is -0.232. The van der Waals surface area contributed by atoms with Gasteiger partial charge in [0.2, 0.25) is 0 Å². The Morgan fingerprint density at radius 2 is 1.88 bits per heavy atom. The van der Waals surface area contributed by atoms with Crippen LogP contribution in [0.25, 0.3) is 0 Å². The van der Waals surface area contributed by atoms with E-state index in [0.29, 0.717) is 0 Å². The average Bonchev–Trinajstić information content (AvgIpc) is 2.86. The van der Waals surface area contributed by atoms with Gasteiger partial charge in [0.25, 0.3) is 0 Å². The molecule has 0 aromatic rings. The third-order valence-corrected chi connectivity index (χ3v) is 4.38. The quantitative estimate of drug-likeness (QED) is 0.543. The number of aliphatic hydroxyl groups excluding tert-OH is 1. The first-order chi connectivity index (χ1) is 8.21. The second kappa shape index (κ2) is 7.03. The summed E-state index contributed by atoms with van der Waals surface area (Å²) in [5, 5.41) is 10.5. The monoisotopic (exact) mass is 237 g/mol. The number of rotatable bonds is 7. The van der Waals surface area contributed by atoms with Crippen LogP contribution in [-0.4, -0.2) is 34.7 Å². The smallest absolute Gasteiger partial charge is 0.0724 e. The number of aliphatic hydroxyl groups is 1. The van der Waals surface area contributed by atoms with Gasteiger partial charge >= 0.3 is 0 Å². The summed E-state index contributed by atoms with van der Waals surface area (Å²) in [7, 11) is 0. The fourth-order valence-corrected chi connectivity index (χ4v) is 3.21. The zero-order chi connectivity index (χ0) is 12.7. The molecule has 2 heteroatoms. The maximum absolute atomic E-state index is 10.5. The lowest BCUT2D eigenvalue weighted by Crippen LogP contribution is -2.55. The molecular formula is C15H27NO. The van der Waals surface area contributed by atoms with Gasteiger partial charge in [-0.05, 0) is 51.6 Å². The van der Waals surface area contributed by atoms with Crippen LogP contribution in [0.1, 0.15) is 58.8 Å². The molecule has 0 saturated carbocycles. The largest absolute Gasteiger partial charge is 0.391 e. The first-order valence-corrected chi connectivity index (χ1v) is 7.07. The third kappa shape index (κ3) is 3.24. The molecule has 1 heterocycles. The van der Waals surface area contributed by atoms with Crippen molar-refractivity contribution >= 4 is 0 Å².